The third kappa shape index (κ3) is 3.64. The maximum absolute atomic E-state index is 13.0. The van der Waals surface area contributed by atoms with Gasteiger partial charge in [0.15, 0.2) is 5.82 Å². The highest BCUT2D eigenvalue weighted by atomic mass is 32.1. The highest BCUT2D eigenvalue weighted by Crippen LogP contribution is 2.33. The lowest BCUT2D eigenvalue weighted by atomic mass is 10.3. The van der Waals surface area contributed by atoms with Gasteiger partial charge in [-0.1, -0.05) is 12.1 Å². The zero-order chi connectivity index (χ0) is 22.4. The van der Waals surface area contributed by atoms with E-state index in [2.05, 4.69) is 19.9 Å². The molecule has 5 heterocycles. The summed E-state index contributed by atoms with van der Waals surface area (Å²) in [5, 5.41) is 2.15. The molecular formula is C24H23N7OS. The van der Waals surface area contributed by atoms with Crippen LogP contribution in [-0.2, 0) is 11.3 Å². The van der Waals surface area contributed by atoms with E-state index in [4.69, 9.17) is 4.98 Å². The van der Waals surface area contributed by atoms with Crippen molar-refractivity contribution >= 4 is 44.3 Å². The molecule has 0 unspecified atom stereocenters. The number of benzene rings is 1. The molecule has 4 aromatic heterocycles. The number of amides is 1. The Hall–Kier alpha value is -3.72. The maximum Gasteiger partial charge on any atom is 0.242 e. The Morgan fingerprint density at radius 2 is 1.91 bits per heavy atom. The highest BCUT2D eigenvalue weighted by molar-refractivity contribution is 7.14. The van der Waals surface area contributed by atoms with E-state index in [1.165, 1.54) is 0 Å². The summed E-state index contributed by atoms with van der Waals surface area (Å²) < 4.78 is 1.94. The van der Waals surface area contributed by atoms with E-state index in [0.29, 0.717) is 19.6 Å². The number of aromatic amines is 1. The number of hydrogen-bond donors (Lipinski definition) is 1. The fourth-order valence-electron chi connectivity index (χ4n) is 4.38. The van der Waals surface area contributed by atoms with E-state index < -0.39 is 0 Å². The van der Waals surface area contributed by atoms with Crippen molar-refractivity contribution in [2.75, 3.05) is 31.1 Å². The smallest absolute Gasteiger partial charge is 0.242 e. The molecule has 5 aromatic rings. The van der Waals surface area contributed by atoms with Gasteiger partial charge in [0.25, 0.3) is 0 Å². The summed E-state index contributed by atoms with van der Waals surface area (Å²) in [5.74, 6) is 0.908. The van der Waals surface area contributed by atoms with Gasteiger partial charge < -0.3 is 19.4 Å². The van der Waals surface area contributed by atoms with E-state index in [-0.39, 0.29) is 5.91 Å². The van der Waals surface area contributed by atoms with Crippen molar-refractivity contribution in [3.8, 4) is 11.5 Å². The molecule has 166 valence electrons. The van der Waals surface area contributed by atoms with E-state index in [0.717, 1.165) is 57.4 Å². The minimum absolute atomic E-state index is 0.122. The number of thiazole rings is 1. The summed E-state index contributed by atoms with van der Waals surface area (Å²) in [4.78, 5) is 34.5. The third-order valence-corrected chi connectivity index (χ3v) is 7.02. The molecule has 6 rings (SSSR count). The molecule has 1 amide bonds. The highest BCUT2D eigenvalue weighted by Gasteiger charge is 2.25. The molecule has 33 heavy (non-hydrogen) atoms. The molecule has 1 aliphatic heterocycles. The van der Waals surface area contributed by atoms with Crippen LogP contribution in [0.15, 0.2) is 54.2 Å². The van der Waals surface area contributed by atoms with Gasteiger partial charge in [-0.2, -0.15) is 0 Å². The first-order valence-corrected chi connectivity index (χ1v) is 11.9. The number of imidazole rings is 1. The van der Waals surface area contributed by atoms with E-state index in [1.54, 1.807) is 11.3 Å². The predicted octanol–water partition coefficient (Wildman–Crippen LogP) is 3.69. The van der Waals surface area contributed by atoms with Crippen LogP contribution in [0.25, 0.3) is 33.6 Å². The quantitative estimate of drug-likeness (QED) is 0.445. The normalized spacial score (nSPS) is 14.5. The van der Waals surface area contributed by atoms with Gasteiger partial charge in [0.2, 0.25) is 5.91 Å². The third-order valence-electron chi connectivity index (χ3n) is 6.14. The molecule has 1 fully saturated rings. The van der Waals surface area contributed by atoms with Gasteiger partial charge in [0.1, 0.15) is 22.9 Å². The lowest BCUT2D eigenvalue weighted by molar-refractivity contribution is -0.132. The Morgan fingerprint density at radius 3 is 2.76 bits per heavy atom. The zero-order valence-corrected chi connectivity index (χ0v) is 19.0. The Labute approximate surface area is 194 Å². The van der Waals surface area contributed by atoms with Crippen molar-refractivity contribution in [2.45, 2.75) is 13.5 Å². The van der Waals surface area contributed by atoms with Crippen LogP contribution in [-0.4, -0.2) is 61.5 Å². The summed E-state index contributed by atoms with van der Waals surface area (Å²) in [5.41, 5.74) is 6.49. The molecule has 1 N–H and O–H groups in total. The SMILES string of the molecule is Cc1ccc2ccn(CC(=O)N3CCN(c4scnc4-c4nc5ccccc5[nH]4)CC3)c2n1. The molecule has 0 spiro atoms. The summed E-state index contributed by atoms with van der Waals surface area (Å²) >= 11 is 1.62. The number of fused-ring (bicyclic) bond motifs is 2. The number of aromatic nitrogens is 5. The standard InChI is InChI=1S/C24H23N7OS/c1-16-6-7-17-8-9-31(23(17)26-16)14-20(32)29-10-12-30(13-11-29)24-21(25-15-33-24)22-27-18-4-2-3-5-19(18)28-22/h2-9,15H,10-14H2,1H3,(H,27,28). The topological polar surface area (TPSA) is 82.9 Å². The number of hydrogen-bond acceptors (Lipinski definition) is 6. The van der Waals surface area contributed by atoms with Gasteiger partial charge >= 0.3 is 0 Å². The van der Waals surface area contributed by atoms with Gasteiger partial charge in [-0.15, -0.1) is 11.3 Å². The molecule has 0 atom stereocenters. The van der Waals surface area contributed by atoms with Crippen LogP contribution < -0.4 is 4.90 Å². The average Bonchev–Trinajstić information content (AvgIpc) is 3.57. The van der Waals surface area contributed by atoms with Crippen LogP contribution in [0.1, 0.15) is 5.69 Å². The summed E-state index contributed by atoms with van der Waals surface area (Å²) in [6.07, 6.45) is 1.95. The number of nitrogens with one attached hydrogen (secondary N) is 1. The lowest BCUT2D eigenvalue weighted by Crippen LogP contribution is -2.49. The van der Waals surface area contributed by atoms with Crippen molar-refractivity contribution in [3.05, 3.63) is 59.9 Å². The van der Waals surface area contributed by atoms with Crippen LogP contribution in [0.4, 0.5) is 5.00 Å². The number of piperazine rings is 1. The van der Waals surface area contributed by atoms with Crippen molar-refractivity contribution in [1.29, 1.82) is 0 Å². The first-order valence-electron chi connectivity index (χ1n) is 11.0. The summed E-state index contributed by atoms with van der Waals surface area (Å²) in [6.45, 7) is 5.18. The van der Waals surface area contributed by atoms with Crippen LogP contribution in [0.2, 0.25) is 0 Å². The largest absolute Gasteiger partial charge is 0.358 e. The number of anilines is 1. The number of pyridine rings is 1. The summed E-state index contributed by atoms with van der Waals surface area (Å²) in [6, 6.07) is 14.0. The molecule has 8 nitrogen and oxygen atoms in total. The van der Waals surface area contributed by atoms with Crippen LogP contribution in [0.5, 0.6) is 0 Å². The zero-order valence-electron chi connectivity index (χ0n) is 18.2. The minimum atomic E-state index is 0.122. The van der Waals surface area contributed by atoms with Crippen molar-refractivity contribution < 1.29 is 4.79 Å². The van der Waals surface area contributed by atoms with Crippen LogP contribution >= 0.6 is 11.3 Å². The molecular weight excluding hydrogens is 434 g/mol. The number of carbonyl (C=O) groups excluding carboxylic acids is 1. The van der Waals surface area contributed by atoms with Gasteiger partial charge in [0.05, 0.1) is 16.5 Å². The predicted molar refractivity (Wildman–Crippen MR) is 130 cm³/mol. The molecule has 1 aliphatic rings. The summed E-state index contributed by atoms with van der Waals surface area (Å²) in [7, 11) is 0. The molecule has 0 aliphatic carbocycles. The molecule has 0 saturated carbocycles. The van der Waals surface area contributed by atoms with Crippen LogP contribution in [0.3, 0.4) is 0 Å². The minimum Gasteiger partial charge on any atom is -0.358 e. The molecule has 9 heteroatoms. The number of para-hydroxylation sites is 2. The van der Waals surface area contributed by atoms with Crippen molar-refractivity contribution in [3.63, 3.8) is 0 Å². The van der Waals surface area contributed by atoms with Gasteiger partial charge in [-0.05, 0) is 37.3 Å². The van der Waals surface area contributed by atoms with E-state index in [9.17, 15) is 4.79 Å². The number of nitrogens with zero attached hydrogens (tertiary/aromatic N) is 6. The lowest BCUT2D eigenvalue weighted by Gasteiger charge is -2.35. The van der Waals surface area contributed by atoms with E-state index >= 15 is 0 Å². The fraction of sp³-hybridized carbons (Fsp3) is 0.250. The maximum atomic E-state index is 13.0. The molecule has 1 aromatic carbocycles. The van der Waals surface area contributed by atoms with Crippen molar-refractivity contribution in [1.82, 2.24) is 29.4 Å². The molecule has 0 bridgehead atoms. The Kier molecular flexibility index (Phi) is 4.83. The Bertz CT molecular complexity index is 1430. The number of aryl methyl sites for hydroxylation is 1. The van der Waals surface area contributed by atoms with Gasteiger partial charge in [-0.25, -0.2) is 15.0 Å². The number of rotatable bonds is 4. The Morgan fingerprint density at radius 1 is 1.06 bits per heavy atom. The molecule has 0 radical (unpaired) electrons. The van der Waals surface area contributed by atoms with Gasteiger partial charge in [-0.3, -0.25) is 4.79 Å². The first kappa shape index (κ1) is 19.9. The second-order valence-electron chi connectivity index (χ2n) is 8.29. The second-order valence-corrected chi connectivity index (χ2v) is 9.12. The number of carbonyl (C=O) groups is 1. The molecule has 1 saturated heterocycles. The average molecular weight is 458 g/mol. The van der Waals surface area contributed by atoms with E-state index in [1.807, 2.05) is 70.6 Å². The van der Waals surface area contributed by atoms with Crippen molar-refractivity contribution in [2.24, 2.45) is 0 Å². The van der Waals surface area contributed by atoms with Gasteiger partial charge in [0, 0.05) is 43.5 Å². The Balaban J connectivity index is 1.15. The monoisotopic (exact) mass is 457 g/mol. The number of H-pyrrole nitrogens is 1. The van der Waals surface area contributed by atoms with Crippen LogP contribution in [0, 0.1) is 6.92 Å². The fourth-order valence-corrected chi connectivity index (χ4v) is 5.23. The second kappa shape index (κ2) is 8.00. The first-order chi connectivity index (χ1) is 16.2.